The molecule has 0 aromatic heterocycles. The number of aliphatic hydroxyl groups is 1. The van der Waals surface area contributed by atoms with Gasteiger partial charge in [0.05, 0.1) is 13.2 Å². The second-order valence-electron chi connectivity index (χ2n) is 7.83. The molecule has 162 valence electrons. The number of hydrogen-bond donors (Lipinski definition) is 2. The fourth-order valence-corrected chi connectivity index (χ4v) is 3.46. The van der Waals surface area contributed by atoms with E-state index in [0.717, 1.165) is 32.8 Å². The van der Waals surface area contributed by atoms with Crippen molar-refractivity contribution in [2.24, 2.45) is 0 Å². The Balaban J connectivity index is 1.55. The van der Waals surface area contributed by atoms with Crippen molar-refractivity contribution in [3.63, 3.8) is 0 Å². The summed E-state index contributed by atoms with van der Waals surface area (Å²) in [6.45, 7) is 8.40. The lowest BCUT2D eigenvalue weighted by molar-refractivity contribution is 0.0319. The summed E-state index contributed by atoms with van der Waals surface area (Å²) in [5.41, 5.74) is 3.03. The van der Waals surface area contributed by atoms with Crippen molar-refractivity contribution in [2.75, 3.05) is 46.0 Å². The van der Waals surface area contributed by atoms with E-state index in [1.165, 1.54) is 18.1 Å². The molecule has 0 aliphatic carbocycles. The first kappa shape index (κ1) is 22.4. The summed E-state index contributed by atoms with van der Waals surface area (Å²) >= 11 is 0. The smallest absolute Gasteiger partial charge is 0.159 e. The molecule has 2 N–H and O–H groups in total. The third-order valence-corrected chi connectivity index (χ3v) is 5.31. The maximum atomic E-state index is 11.5. The average molecular weight is 413 g/mol. The lowest BCUT2D eigenvalue weighted by Gasteiger charge is -2.31. The van der Waals surface area contributed by atoms with Crippen molar-refractivity contribution in [1.82, 2.24) is 10.2 Å². The van der Waals surface area contributed by atoms with Gasteiger partial charge in [-0.3, -0.25) is 9.69 Å². The van der Waals surface area contributed by atoms with Crippen LogP contribution < -0.4 is 10.1 Å². The van der Waals surface area contributed by atoms with Crippen LogP contribution in [0.25, 0.3) is 0 Å². The van der Waals surface area contributed by atoms with E-state index >= 15 is 0 Å². The summed E-state index contributed by atoms with van der Waals surface area (Å²) in [5, 5.41) is 13.9. The highest BCUT2D eigenvalue weighted by Gasteiger charge is 2.19. The van der Waals surface area contributed by atoms with Crippen LogP contribution in [0.3, 0.4) is 0 Å². The number of rotatable bonds is 10. The zero-order valence-corrected chi connectivity index (χ0v) is 17.8. The van der Waals surface area contributed by atoms with Gasteiger partial charge in [0.25, 0.3) is 0 Å². The van der Waals surface area contributed by atoms with Gasteiger partial charge in [0.2, 0.25) is 0 Å². The molecule has 0 spiro atoms. The van der Waals surface area contributed by atoms with Crippen LogP contribution in [0.5, 0.6) is 5.75 Å². The van der Waals surface area contributed by atoms with Gasteiger partial charge in [0, 0.05) is 37.8 Å². The van der Waals surface area contributed by atoms with Crippen LogP contribution in [0.1, 0.15) is 34.5 Å². The van der Waals surface area contributed by atoms with Crippen LogP contribution in [0.2, 0.25) is 0 Å². The number of morpholine rings is 1. The summed E-state index contributed by atoms with van der Waals surface area (Å²) in [7, 11) is 0. The molecule has 0 saturated carbocycles. The predicted molar refractivity (Wildman–Crippen MR) is 117 cm³/mol. The average Bonchev–Trinajstić information content (AvgIpc) is 2.76. The number of aryl methyl sites for hydroxylation is 1. The Kier molecular flexibility index (Phi) is 8.39. The molecular formula is C24H32N2O4. The minimum Gasteiger partial charge on any atom is -0.491 e. The molecule has 6 nitrogen and oxygen atoms in total. The topological polar surface area (TPSA) is 71.0 Å². The highest BCUT2D eigenvalue weighted by Crippen LogP contribution is 2.17. The Bertz CT molecular complexity index is 803. The van der Waals surface area contributed by atoms with Gasteiger partial charge >= 0.3 is 0 Å². The fourth-order valence-electron chi connectivity index (χ4n) is 3.46. The second-order valence-corrected chi connectivity index (χ2v) is 7.83. The molecule has 2 atom stereocenters. The van der Waals surface area contributed by atoms with Crippen LogP contribution in [0.15, 0.2) is 48.5 Å². The molecule has 30 heavy (non-hydrogen) atoms. The summed E-state index contributed by atoms with van der Waals surface area (Å²) < 4.78 is 11.2. The van der Waals surface area contributed by atoms with Crippen molar-refractivity contribution in [2.45, 2.75) is 26.0 Å². The van der Waals surface area contributed by atoms with Gasteiger partial charge in [-0.2, -0.15) is 0 Å². The Morgan fingerprint density at radius 1 is 1.20 bits per heavy atom. The number of nitrogens with zero attached hydrogens (tertiary/aromatic N) is 1. The van der Waals surface area contributed by atoms with Crippen molar-refractivity contribution < 1.29 is 19.4 Å². The summed E-state index contributed by atoms with van der Waals surface area (Å²) in [6, 6.07) is 15.7. The number of nitrogens with one attached hydrogen (secondary N) is 1. The van der Waals surface area contributed by atoms with Gasteiger partial charge in [0.1, 0.15) is 18.5 Å². The Morgan fingerprint density at radius 3 is 2.63 bits per heavy atom. The standard InChI is InChI=1S/C24H32N2O4/c1-18-6-8-20(9-7-18)24(16-26-10-12-29-13-11-26)25-15-22(28)17-30-23-5-3-4-21(14-23)19(2)27/h3-9,14,22,24-25,28H,10-13,15-17H2,1-2H3/t22-,24+/m0/s1. The normalized spacial score (nSPS) is 16.8. The van der Waals surface area contributed by atoms with Gasteiger partial charge in [-0.1, -0.05) is 42.0 Å². The number of benzene rings is 2. The van der Waals surface area contributed by atoms with E-state index in [1.807, 2.05) is 0 Å². The second kappa shape index (κ2) is 11.2. The SMILES string of the molecule is CC(=O)c1cccc(OC[C@@H](O)CN[C@H](CN2CCOCC2)c2ccc(C)cc2)c1. The number of ether oxygens (including phenoxy) is 2. The van der Waals surface area contributed by atoms with Crippen LogP contribution >= 0.6 is 0 Å². The van der Waals surface area contributed by atoms with Gasteiger partial charge < -0.3 is 19.9 Å². The van der Waals surface area contributed by atoms with E-state index in [2.05, 4.69) is 41.4 Å². The van der Waals surface area contributed by atoms with Gasteiger partial charge in [-0.05, 0) is 31.5 Å². The minimum atomic E-state index is -0.663. The molecule has 0 amide bonds. The van der Waals surface area contributed by atoms with Crippen LogP contribution in [-0.2, 0) is 4.74 Å². The number of carbonyl (C=O) groups is 1. The van der Waals surface area contributed by atoms with Gasteiger partial charge in [0.15, 0.2) is 5.78 Å². The van der Waals surface area contributed by atoms with E-state index in [0.29, 0.717) is 17.9 Å². The molecular weight excluding hydrogens is 380 g/mol. The highest BCUT2D eigenvalue weighted by molar-refractivity contribution is 5.94. The quantitative estimate of drug-likeness (QED) is 0.585. The summed E-state index contributed by atoms with van der Waals surface area (Å²) in [6.07, 6.45) is -0.663. The third kappa shape index (κ3) is 6.92. The molecule has 2 aromatic rings. The van der Waals surface area contributed by atoms with Crippen molar-refractivity contribution >= 4 is 5.78 Å². The predicted octanol–water partition coefficient (Wildman–Crippen LogP) is 2.60. The molecule has 0 bridgehead atoms. The molecule has 1 aliphatic rings. The first-order valence-electron chi connectivity index (χ1n) is 10.5. The maximum Gasteiger partial charge on any atom is 0.159 e. The van der Waals surface area contributed by atoms with Crippen LogP contribution in [0.4, 0.5) is 0 Å². The minimum absolute atomic E-state index is 0.00767. The van der Waals surface area contributed by atoms with Crippen molar-refractivity contribution in [1.29, 1.82) is 0 Å². The lowest BCUT2D eigenvalue weighted by atomic mass is 10.0. The number of ketones is 1. The monoisotopic (exact) mass is 412 g/mol. The number of carbonyl (C=O) groups excluding carboxylic acids is 1. The number of Topliss-reactive ketones (excluding diaryl/α,β-unsaturated/α-hetero) is 1. The van der Waals surface area contributed by atoms with Gasteiger partial charge in [-0.25, -0.2) is 0 Å². The Morgan fingerprint density at radius 2 is 1.93 bits per heavy atom. The van der Waals surface area contributed by atoms with E-state index in [-0.39, 0.29) is 18.4 Å². The fraction of sp³-hybridized carbons (Fsp3) is 0.458. The van der Waals surface area contributed by atoms with E-state index in [9.17, 15) is 9.90 Å². The number of hydrogen-bond acceptors (Lipinski definition) is 6. The molecule has 1 heterocycles. The molecule has 0 radical (unpaired) electrons. The van der Waals surface area contributed by atoms with E-state index in [4.69, 9.17) is 9.47 Å². The molecule has 1 fully saturated rings. The third-order valence-electron chi connectivity index (χ3n) is 5.31. The van der Waals surface area contributed by atoms with E-state index in [1.54, 1.807) is 24.3 Å². The molecule has 0 unspecified atom stereocenters. The van der Waals surface area contributed by atoms with Crippen LogP contribution in [-0.4, -0.2) is 67.9 Å². The molecule has 3 rings (SSSR count). The molecule has 1 saturated heterocycles. The maximum absolute atomic E-state index is 11.5. The van der Waals surface area contributed by atoms with E-state index < -0.39 is 6.10 Å². The molecule has 1 aliphatic heterocycles. The summed E-state index contributed by atoms with van der Waals surface area (Å²) in [5.74, 6) is 0.580. The Hall–Kier alpha value is -2.25. The van der Waals surface area contributed by atoms with Gasteiger partial charge in [-0.15, -0.1) is 0 Å². The van der Waals surface area contributed by atoms with Crippen LogP contribution in [0, 0.1) is 6.92 Å². The lowest BCUT2D eigenvalue weighted by Crippen LogP contribution is -2.43. The first-order valence-corrected chi connectivity index (χ1v) is 10.5. The number of aliphatic hydroxyl groups excluding tert-OH is 1. The molecule has 2 aromatic carbocycles. The summed E-state index contributed by atoms with van der Waals surface area (Å²) in [4.78, 5) is 13.9. The first-order chi connectivity index (χ1) is 14.5. The van der Waals surface area contributed by atoms with Crippen molar-refractivity contribution in [3.05, 3.63) is 65.2 Å². The highest BCUT2D eigenvalue weighted by atomic mass is 16.5. The molecule has 6 heteroatoms. The zero-order valence-electron chi connectivity index (χ0n) is 17.8. The largest absolute Gasteiger partial charge is 0.491 e. The Labute approximate surface area is 178 Å². The zero-order chi connectivity index (χ0) is 21.3. The van der Waals surface area contributed by atoms with Crippen molar-refractivity contribution in [3.8, 4) is 5.75 Å².